The number of hydrogen-bond donors (Lipinski definition) is 0. The number of hydrogen-bond acceptors (Lipinski definition) is 4. The third kappa shape index (κ3) is 3.40. The van der Waals surface area contributed by atoms with E-state index in [1.807, 2.05) is 20.8 Å². The highest BCUT2D eigenvalue weighted by molar-refractivity contribution is 6.95. The molecule has 0 unspecified atom stereocenters. The van der Waals surface area contributed by atoms with E-state index in [0.717, 1.165) is 6.42 Å². The number of carbonyl (C=O) groups is 1. The van der Waals surface area contributed by atoms with Gasteiger partial charge in [0.2, 0.25) is 0 Å². The molecular weight excluding hydrogens is 200 g/mol. The Morgan fingerprint density at radius 3 is 1.93 bits per heavy atom. The van der Waals surface area contributed by atoms with E-state index in [-0.39, 0.29) is 5.59 Å². The molecule has 0 heterocycles. The van der Waals surface area contributed by atoms with Crippen LogP contribution in [0.1, 0.15) is 27.2 Å². The van der Waals surface area contributed by atoms with Gasteiger partial charge in [0.05, 0.1) is 7.11 Å². The van der Waals surface area contributed by atoms with E-state index < -0.39 is 8.56 Å². The lowest BCUT2D eigenvalue weighted by Crippen LogP contribution is -2.50. The van der Waals surface area contributed by atoms with Crippen molar-refractivity contribution >= 4 is 14.2 Å². The number of rotatable bonds is 7. The first-order chi connectivity index (χ1) is 6.66. The summed E-state index contributed by atoms with van der Waals surface area (Å²) in [5.41, 5.74) is -0.317. The molecule has 14 heavy (non-hydrogen) atoms. The molecule has 5 heteroatoms. The molecule has 0 radical (unpaired) electrons. The van der Waals surface area contributed by atoms with E-state index in [0.29, 0.717) is 19.3 Å². The van der Waals surface area contributed by atoms with Crippen molar-refractivity contribution in [2.75, 3.05) is 20.3 Å². The quantitative estimate of drug-likeness (QED) is 0.617. The van der Waals surface area contributed by atoms with Gasteiger partial charge in [-0.05, 0) is 13.8 Å². The van der Waals surface area contributed by atoms with Crippen molar-refractivity contribution < 1.29 is 18.4 Å². The predicted octanol–water partition coefficient (Wildman–Crippen LogP) is 2.26. The van der Waals surface area contributed by atoms with Crippen molar-refractivity contribution in [3.05, 3.63) is 0 Å². The first kappa shape index (κ1) is 13.6. The molecule has 0 aromatic rings. The van der Waals surface area contributed by atoms with Crippen LogP contribution in [-0.4, -0.2) is 34.5 Å². The molecule has 0 aliphatic carbocycles. The van der Waals surface area contributed by atoms with Crippen molar-refractivity contribution in [2.24, 2.45) is 0 Å². The minimum absolute atomic E-state index is 0.317. The second kappa shape index (κ2) is 6.97. The van der Waals surface area contributed by atoms with Crippen molar-refractivity contribution in [3.63, 3.8) is 0 Å². The number of ether oxygens (including phenoxy) is 1. The Morgan fingerprint density at radius 1 is 1.14 bits per heavy atom. The van der Waals surface area contributed by atoms with Crippen molar-refractivity contribution in [1.29, 1.82) is 0 Å². The summed E-state index contributed by atoms with van der Waals surface area (Å²) in [7, 11) is -1.39. The van der Waals surface area contributed by atoms with Crippen LogP contribution in [0.3, 0.4) is 0 Å². The molecule has 0 N–H and O–H groups in total. The average Bonchev–Trinajstić information content (AvgIpc) is 2.17. The van der Waals surface area contributed by atoms with Crippen molar-refractivity contribution in [3.8, 4) is 0 Å². The van der Waals surface area contributed by atoms with Gasteiger partial charge in [0.15, 0.2) is 0 Å². The van der Waals surface area contributed by atoms with Crippen LogP contribution in [0.4, 0.5) is 4.79 Å². The van der Waals surface area contributed by atoms with E-state index in [1.54, 1.807) is 0 Å². The summed E-state index contributed by atoms with van der Waals surface area (Å²) in [4.78, 5) is 11.6. The van der Waals surface area contributed by atoms with Crippen LogP contribution in [0, 0.1) is 0 Å². The molecule has 0 fully saturated rings. The molecule has 0 spiro atoms. The van der Waals surface area contributed by atoms with Gasteiger partial charge in [-0.15, -0.1) is 0 Å². The molecule has 0 aliphatic rings. The van der Waals surface area contributed by atoms with Gasteiger partial charge < -0.3 is 13.6 Å². The van der Waals surface area contributed by atoms with E-state index in [4.69, 9.17) is 13.6 Å². The fraction of sp³-hybridized carbons (Fsp3) is 0.889. The van der Waals surface area contributed by atoms with Crippen LogP contribution in [0.25, 0.3) is 0 Å². The van der Waals surface area contributed by atoms with E-state index in [2.05, 4.69) is 0 Å². The van der Waals surface area contributed by atoms with Crippen LogP contribution in [0.5, 0.6) is 0 Å². The second-order valence-electron chi connectivity index (χ2n) is 2.86. The summed E-state index contributed by atoms with van der Waals surface area (Å²) in [5.74, 6) is 0. The normalized spacial score (nSPS) is 11.4. The van der Waals surface area contributed by atoms with Crippen molar-refractivity contribution in [1.82, 2.24) is 0 Å². The zero-order valence-electron chi connectivity index (χ0n) is 9.46. The van der Waals surface area contributed by atoms with Crippen LogP contribution in [-0.2, 0) is 13.6 Å². The summed E-state index contributed by atoms with van der Waals surface area (Å²) in [6.45, 7) is 6.70. The van der Waals surface area contributed by atoms with Gasteiger partial charge in [-0.2, -0.15) is 0 Å². The maximum atomic E-state index is 11.6. The first-order valence-electron chi connectivity index (χ1n) is 5.03. The maximum Gasteiger partial charge on any atom is 0.462 e. The van der Waals surface area contributed by atoms with Gasteiger partial charge in [0.1, 0.15) is 0 Å². The lowest BCUT2D eigenvalue weighted by atomic mass is 10.6. The Hall–Kier alpha value is -0.393. The molecule has 0 aromatic heterocycles. The third-order valence-corrected chi connectivity index (χ3v) is 5.32. The van der Waals surface area contributed by atoms with Crippen LogP contribution in [0.2, 0.25) is 6.04 Å². The first-order valence-corrected chi connectivity index (χ1v) is 7.05. The topological polar surface area (TPSA) is 44.8 Å². The van der Waals surface area contributed by atoms with E-state index in [9.17, 15) is 4.79 Å². The second-order valence-corrected chi connectivity index (χ2v) is 5.85. The molecule has 4 nitrogen and oxygen atoms in total. The van der Waals surface area contributed by atoms with Crippen LogP contribution >= 0.6 is 0 Å². The minimum Gasteiger partial charge on any atom is -0.469 e. The number of methoxy groups -OCH3 is 1. The van der Waals surface area contributed by atoms with Crippen molar-refractivity contribution in [2.45, 2.75) is 33.2 Å². The van der Waals surface area contributed by atoms with Crippen LogP contribution in [0.15, 0.2) is 0 Å². The predicted molar refractivity (Wildman–Crippen MR) is 56.5 cm³/mol. The molecule has 0 saturated carbocycles. The van der Waals surface area contributed by atoms with E-state index in [1.165, 1.54) is 7.11 Å². The average molecular weight is 220 g/mol. The molecule has 0 saturated heterocycles. The third-order valence-electron chi connectivity index (χ3n) is 1.83. The molecule has 0 bridgehead atoms. The minimum atomic E-state index is -2.76. The summed E-state index contributed by atoms with van der Waals surface area (Å²) in [6.07, 6.45) is 0.862. The summed E-state index contributed by atoms with van der Waals surface area (Å²) < 4.78 is 15.8. The van der Waals surface area contributed by atoms with Crippen LogP contribution < -0.4 is 0 Å². The fourth-order valence-electron chi connectivity index (χ4n) is 1.36. The Balaban J connectivity index is 4.62. The molecule has 0 rings (SSSR count). The Labute approximate surface area is 86.8 Å². The monoisotopic (exact) mass is 220 g/mol. The lowest BCUT2D eigenvalue weighted by Gasteiger charge is -2.26. The molecular formula is C9H20O4Si. The molecule has 0 amide bonds. The molecule has 84 valence electrons. The maximum absolute atomic E-state index is 11.6. The number of carbonyl (C=O) groups excluding carboxylic acids is 1. The molecule has 0 aliphatic heterocycles. The summed E-state index contributed by atoms with van der Waals surface area (Å²) >= 11 is 0. The van der Waals surface area contributed by atoms with E-state index >= 15 is 0 Å². The van der Waals surface area contributed by atoms with Gasteiger partial charge in [-0.1, -0.05) is 13.3 Å². The van der Waals surface area contributed by atoms with Gasteiger partial charge in [-0.25, -0.2) is 0 Å². The Kier molecular flexibility index (Phi) is 6.78. The van der Waals surface area contributed by atoms with Gasteiger partial charge in [-0.3, -0.25) is 4.79 Å². The highest BCUT2D eigenvalue weighted by Gasteiger charge is 2.47. The fourth-order valence-corrected chi connectivity index (χ4v) is 4.07. The lowest BCUT2D eigenvalue weighted by molar-refractivity contribution is 0.145. The highest BCUT2D eigenvalue weighted by Crippen LogP contribution is 2.18. The largest absolute Gasteiger partial charge is 0.469 e. The van der Waals surface area contributed by atoms with Gasteiger partial charge in [0, 0.05) is 19.3 Å². The standard InChI is InChI=1S/C9H20O4Si/c1-5-8-14(12-6-2,13-7-3)9(10)11-4/h5-8H2,1-4H3. The summed E-state index contributed by atoms with van der Waals surface area (Å²) in [6, 6.07) is 0.654. The SMILES string of the molecule is CCC[Si](OCC)(OCC)C(=O)OC. The van der Waals surface area contributed by atoms with Gasteiger partial charge >= 0.3 is 14.2 Å². The van der Waals surface area contributed by atoms with Gasteiger partial charge in [0.25, 0.3) is 0 Å². The zero-order chi connectivity index (χ0) is 11.0. The molecule has 0 aromatic carbocycles. The summed E-state index contributed by atoms with van der Waals surface area (Å²) in [5, 5.41) is 0. The zero-order valence-corrected chi connectivity index (χ0v) is 10.5. The smallest absolute Gasteiger partial charge is 0.462 e. The Morgan fingerprint density at radius 2 is 1.64 bits per heavy atom. The Bertz CT molecular complexity index is 155. The molecule has 0 atom stereocenters. The highest BCUT2D eigenvalue weighted by atomic mass is 28.4.